The molecule has 0 aliphatic carbocycles. The van der Waals surface area contributed by atoms with Crippen molar-refractivity contribution in [2.24, 2.45) is 11.5 Å². The maximum atomic E-state index is 7.75. The summed E-state index contributed by atoms with van der Waals surface area (Å²) in [5, 5.41) is 15.5. The van der Waals surface area contributed by atoms with Gasteiger partial charge in [-0.3, -0.25) is 0 Å². The molecule has 0 aliphatic heterocycles. The van der Waals surface area contributed by atoms with E-state index in [1.54, 1.807) is 0 Å². The van der Waals surface area contributed by atoms with Gasteiger partial charge in [-0.15, -0.1) is 0 Å². The number of hydrogen-bond donors (Lipinski definition) is 4. The maximum absolute atomic E-state index is 7.75. The Kier molecular flexibility index (Phi) is 42.8. The minimum Gasteiger partial charge on any atom is -0.395 e. The first kappa shape index (κ1) is 16.2. The van der Waals surface area contributed by atoms with Gasteiger partial charge in [-0.05, 0) is 0 Å². The zero-order chi connectivity index (χ0) is 6.83. The second-order valence-electron chi connectivity index (χ2n) is 1.02. The van der Waals surface area contributed by atoms with Gasteiger partial charge in [0.15, 0.2) is 0 Å². The fraction of sp³-hybridized carbons (Fsp3) is 1.00. The van der Waals surface area contributed by atoms with Crippen LogP contribution in [-0.4, -0.2) is 36.5 Å². The van der Waals surface area contributed by atoms with E-state index in [9.17, 15) is 0 Å². The number of nitrogens with two attached hydrogens (primary N) is 2. The third-order valence-electron chi connectivity index (χ3n) is 0.258. The number of hydrogen-bond acceptors (Lipinski definition) is 4. The molecule has 6 N–H and O–H groups in total. The second kappa shape index (κ2) is 23.8. The van der Waals surface area contributed by atoms with Crippen LogP contribution in [-0.2, 0) is 17.1 Å². The van der Waals surface area contributed by atoms with Crippen LogP contribution < -0.4 is 11.5 Å². The van der Waals surface area contributed by atoms with Crippen LogP contribution in [0.15, 0.2) is 0 Å². The van der Waals surface area contributed by atoms with Crippen molar-refractivity contribution in [2.45, 2.75) is 0 Å². The Hall–Kier alpha value is 0.359. The molecule has 0 saturated heterocycles. The molecule has 0 fully saturated rings. The van der Waals surface area contributed by atoms with Crippen molar-refractivity contribution < 1.29 is 27.3 Å². The summed E-state index contributed by atoms with van der Waals surface area (Å²) in [5.74, 6) is 0. The second-order valence-corrected chi connectivity index (χ2v) is 1.02. The Labute approximate surface area is 65.7 Å². The van der Waals surface area contributed by atoms with Crippen LogP contribution in [0.4, 0.5) is 0 Å². The Bertz CT molecular complexity index is 24.5. The minimum absolute atomic E-state index is 0. The first-order chi connectivity index (χ1) is 3.83. The van der Waals surface area contributed by atoms with Gasteiger partial charge in [0, 0.05) is 30.2 Å². The normalized spacial score (nSPS) is 6.67. The van der Waals surface area contributed by atoms with Crippen LogP contribution >= 0.6 is 0 Å². The van der Waals surface area contributed by atoms with Crippen LogP contribution in [0.25, 0.3) is 0 Å². The van der Waals surface area contributed by atoms with E-state index in [1.807, 2.05) is 0 Å². The van der Waals surface area contributed by atoms with Crippen molar-refractivity contribution in [3.8, 4) is 0 Å². The molecule has 9 heavy (non-hydrogen) atoms. The molecule has 0 saturated carbocycles. The standard InChI is InChI=1S/2C2H7NO.Cu/c2*3-1-2-4;/h2*4H,1-3H2;. The van der Waals surface area contributed by atoms with Gasteiger partial charge in [0.05, 0.1) is 13.2 Å². The molecule has 0 rings (SSSR count). The average molecular weight is 186 g/mol. The van der Waals surface area contributed by atoms with Crippen LogP contribution in [0.5, 0.6) is 0 Å². The van der Waals surface area contributed by atoms with Gasteiger partial charge < -0.3 is 21.7 Å². The van der Waals surface area contributed by atoms with Gasteiger partial charge in [0.25, 0.3) is 0 Å². The van der Waals surface area contributed by atoms with Gasteiger partial charge in [-0.1, -0.05) is 0 Å². The molecule has 0 amide bonds. The fourth-order valence-corrected chi connectivity index (χ4v) is 0. The molecule has 0 spiro atoms. The van der Waals surface area contributed by atoms with E-state index in [0.29, 0.717) is 13.1 Å². The quantitative estimate of drug-likeness (QED) is 0.370. The minimum atomic E-state index is 0. The molecule has 0 heterocycles. The Balaban J connectivity index is -0.0000000720. The maximum Gasteiger partial charge on any atom is 0.0553 e. The first-order valence-corrected chi connectivity index (χ1v) is 2.45. The zero-order valence-corrected chi connectivity index (χ0v) is 6.12. The largest absolute Gasteiger partial charge is 0.395 e. The summed E-state index contributed by atoms with van der Waals surface area (Å²) in [7, 11) is 0. The molecular formula is C4H14CuN2O2. The van der Waals surface area contributed by atoms with Gasteiger partial charge in [-0.2, -0.15) is 0 Å². The van der Waals surface area contributed by atoms with Crippen LogP contribution in [0, 0.1) is 0 Å². The number of rotatable bonds is 2. The molecule has 0 aromatic carbocycles. The summed E-state index contributed by atoms with van der Waals surface area (Å²) in [6.45, 7) is 0.944. The Morgan fingerprint density at radius 3 is 1.00 bits per heavy atom. The van der Waals surface area contributed by atoms with Crippen molar-refractivity contribution in [2.75, 3.05) is 26.3 Å². The van der Waals surface area contributed by atoms with Crippen LogP contribution in [0.2, 0.25) is 0 Å². The number of aliphatic hydroxyl groups excluding tert-OH is 2. The molecular weight excluding hydrogens is 172 g/mol. The summed E-state index contributed by atoms with van der Waals surface area (Å²) in [5.41, 5.74) is 9.56. The summed E-state index contributed by atoms with van der Waals surface area (Å²) in [4.78, 5) is 0. The fourth-order valence-electron chi connectivity index (χ4n) is 0. The summed E-state index contributed by atoms with van der Waals surface area (Å²) in [6, 6.07) is 0. The smallest absolute Gasteiger partial charge is 0.0553 e. The van der Waals surface area contributed by atoms with E-state index >= 15 is 0 Å². The van der Waals surface area contributed by atoms with Crippen molar-refractivity contribution in [3.63, 3.8) is 0 Å². The Morgan fingerprint density at radius 2 is 1.00 bits per heavy atom. The SMILES string of the molecule is NCCO.NCCO.[Cu]. The van der Waals surface area contributed by atoms with Crippen molar-refractivity contribution in [1.82, 2.24) is 0 Å². The molecule has 0 aromatic heterocycles. The molecule has 0 unspecified atom stereocenters. The van der Waals surface area contributed by atoms with E-state index in [4.69, 9.17) is 21.7 Å². The zero-order valence-electron chi connectivity index (χ0n) is 5.18. The molecule has 0 aromatic rings. The third-order valence-corrected chi connectivity index (χ3v) is 0.258. The third kappa shape index (κ3) is 60.7. The molecule has 5 heteroatoms. The molecule has 0 aliphatic rings. The van der Waals surface area contributed by atoms with Gasteiger partial charge in [0.2, 0.25) is 0 Å². The number of aliphatic hydroxyl groups is 2. The Morgan fingerprint density at radius 1 is 0.889 bits per heavy atom. The summed E-state index contributed by atoms with van der Waals surface area (Å²) < 4.78 is 0. The summed E-state index contributed by atoms with van der Waals surface area (Å²) in [6.07, 6.45) is 0. The van der Waals surface area contributed by atoms with Gasteiger partial charge in [0.1, 0.15) is 0 Å². The van der Waals surface area contributed by atoms with E-state index in [-0.39, 0.29) is 30.3 Å². The molecule has 0 bridgehead atoms. The van der Waals surface area contributed by atoms with E-state index in [2.05, 4.69) is 0 Å². The summed E-state index contributed by atoms with van der Waals surface area (Å²) >= 11 is 0. The van der Waals surface area contributed by atoms with Gasteiger partial charge in [-0.25, -0.2) is 0 Å². The van der Waals surface area contributed by atoms with Crippen molar-refractivity contribution in [3.05, 3.63) is 0 Å². The predicted octanol–water partition coefficient (Wildman–Crippen LogP) is -2.13. The van der Waals surface area contributed by atoms with Crippen LogP contribution in [0.1, 0.15) is 0 Å². The van der Waals surface area contributed by atoms with Crippen molar-refractivity contribution in [1.29, 1.82) is 0 Å². The van der Waals surface area contributed by atoms with E-state index in [0.717, 1.165) is 0 Å². The first-order valence-electron chi connectivity index (χ1n) is 2.45. The molecule has 1 radical (unpaired) electrons. The monoisotopic (exact) mass is 185 g/mol. The van der Waals surface area contributed by atoms with E-state index in [1.165, 1.54) is 0 Å². The van der Waals surface area contributed by atoms with Crippen LogP contribution in [0.3, 0.4) is 0 Å². The molecule has 63 valence electrons. The molecule has 4 nitrogen and oxygen atoms in total. The van der Waals surface area contributed by atoms with Crippen molar-refractivity contribution >= 4 is 0 Å². The molecule has 0 atom stereocenters. The topological polar surface area (TPSA) is 92.5 Å². The average Bonchev–Trinajstić information content (AvgIpc) is 1.88. The predicted molar refractivity (Wildman–Crippen MR) is 32.3 cm³/mol. The van der Waals surface area contributed by atoms with E-state index < -0.39 is 0 Å². The van der Waals surface area contributed by atoms with Gasteiger partial charge >= 0.3 is 0 Å².